The van der Waals surface area contributed by atoms with Crippen molar-refractivity contribution in [2.45, 2.75) is 20.8 Å². The third-order valence-corrected chi connectivity index (χ3v) is 5.40. The van der Waals surface area contributed by atoms with Crippen LogP contribution in [-0.4, -0.2) is 30.4 Å². The summed E-state index contributed by atoms with van der Waals surface area (Å²) in [6.07, 6.45) is 1.36. The first kappa shape index (κ1) is 24.4. The molecule has 8 heteroatoms. The highest BCUT2D eigenvalue weighted by atomic mass is 16.6. The Morgan fingerprint density at radius 2 is 1.64 bits per heavy atom. The van der Waals surface area contributed by atoms with Gasteiger partial charge in [0.05, 0.1) is 17.9 Å². The lowest BCUT2D eigenvalue weighted by Crippen LogP contribution is -2.54. The zero-order chi connectivity index (χ0) is 25.8. The van der Waals surface area contributed by atoms with E-state index in [1.165, 1.54) is 12.1 Å². The summed E-state index contributed by atoms with van der Waals surface area (Å²) >= 11 is 0. The number of barbiturate groups is 1. The van der Waals surface area contributed by atoms with Crippen LogP contribution in [0.25, 0.3) is 6.08 Å². The van der Waals surface area contributed by atoms with Crippen LogP contribution < -0.4 is 19.7 Å². The van der Waals surface area contributed by atoms with E-state index in [1.807, 2.05) is 26.0 Å². The molecule has 0 bridgehead atoms. The van der Waals surface area contributed by atoms with Gasteiger partial charge in [0, 0.05) is 0 Å². The molecule has 1 saturated heterocycles. The van der Waals surface area contributed by atoms with Gasteiger partial charge in [-0.2, -0.15) is 0 Å². The molecule has 1 aliphatic rings. The van der Waals surface area contributed by atoms with Crippen molar-refractivity contribution in [2.75, 3.05) is 11.5 Å². The summed E-state index contributed by atoms with van der Waals surface area (Å²) in [5.74, 6) is -1.63. The van der Waals surface area contributed by atoms with Crippen LogP contribution in [0.4, 0.5) is 10.5 Å². The number of anilines is 1. The lowest BCUT2D eigenvalue weighted by atomic mass is 10.1. The maximum Gasteiger partial charge on any atom is 0.343 e. The molecular weight excluding hydrogens is 460 g/mol. The zero-order valence-corrected chi connectivity index (χ0v) is 20.0. The molecule has 8 nitrogen and oxygen atoms in total. The molecule has 0 atom stereocenters. The van der Waals surface area contributed by atoms with E-state index in [0.29, 0.717) is 23.4 Å². The molecule has 1 aliphatic heterocycles. The molecule has 3 aromatic carbocycles. The topological polar surface area (TPSA) is 102 Å². The molecule has 0 unspecified atom stereocenters. The average molecular weight is 485 g/mol. The Balaban J connectivity index is 1.65. The summed E-state index contributed by atoms with van der Waals surface area (Å²) in [6, 6.07) is 17.7. The van der Waals surface area contributed by atoms with Gasteiger partial charge in [0.25, 0.3) is 11.8 Å². The fourth-order valence-electron chi connectivity index (χ4n) is 3.72. The second-order valence-corrected chi connectivity index (χ2v) is 8.20. The van der Waals surface area contributed by atoms with Crippen LogP contribution in [0.15, 0.2) is 72.3 Å². The predicted molar refractivity (Wildman–Crippen MR) is 134 cm³/mol. The maximum atomic E-state index is 13.1. The number of esters is 1. The van der Waals surface area contributed by atoms with Crippen LogP contribution in [0.5, 0.6) is 11.5 Å². The Morgan fingerprint density at radius 3 is 2.33 bits per heavy atom. The van der Waals surface area contributed by atoms with Gasteiger partial charge < -0.3 is 9.47 Å². The first-order valence-electron chi connectivity index (χ1n) is 11.3. The number of hydrogen-bond acceptors (Lipinski definition) is 6. The number of urea groups is 1. The van der Waals surface area contributed by atoms with Gasteiger partial charge >= 0.3 is 12.0 Å². The highest BCUT2D eigenvalue weighted by Gasteiger charge is 2.36. The number of ether oxygens (including phenoxy) is 2. The van der Waals surface area contributed by atoms with Crippen LogP contribution in [0, 0.1) is 13.8 Å². The molecule has 1 N–H and O–H groups in total. The zero-order valence-electron chi connectivity index (χ0n) is 20.0. The molecular formula is C28H24N2O6. The number of nitrogens with one attached hydrogen (secondary N) is 1. The molecule has 36 heavy (non-hydrogen) atoms. The van der Waals surface area contributed by atoms with E-state index in [-0.39, 0.29) is 17.1 Å². The van der Waals surface area contributed by atoms with Crippen LogP contribution in [0.3, 0.4) is 0 Å². The smallest absolute Gasteiger partial charge is 0.343 e. The van der Waals surface area contributed by atoms with Crippen molar-refractivity contribution in [1.29, 1.82) is 0 Å². The van der Waals surface area contributed by atoms with Gasteiger partial charge in [-0.25, -0.2) is 14.5 Å². The molecule has 3 aromatic rings. The molecule has 182 valence electrons. The Morgan fingerprint density at radius 1 is 0.917 bits per heavy atom. The number of imide groups is 2. The van der Waals surface area contributed by atoms with E-state index >= 15 is 0 Å². The van der Waals surface area contributed by atoms with Crippen molar-refractivity contribution in [2.24, 2.45) is 0 Å². The minimum absolute atomic E-state index is 0.196. The Kier molecular flexibility index (Phi) is 6.96. The lowest BCUT2D eigenvalue weighted by Gasteiger charge is -2.26. The molecule has 0 aliphatic carbocycles. The van der Waals surface area contributed by atoms with Crippen molar-refractivity contribution in [3.8, 4) is 11.5 Å². The van der Waals surface area contributed by atoms with Crippen molar-refractivity contribution in [1.82, 2.24) is 5.32 Å². The van der Waals surface area contributed by atoms with Crippen LogP contribution in [0.1, 0.15) is 34.0 Å². The van der Waals surface area contributed by atoms with Crippen LogP contribution >= 0.6 is 0 Å². The van der Waals surface area contributed by atoms with E-state index in [2.05, 4.69) is 5.32 Å². The van der Waals surface area contributed by atoms with Gasteiger partial charge in [0.15, 0.2) is 11.5 Å². The quantitative estimate of drug-likeness (QED) is 0.238. The molecule has 0 radical (unpaired) electrons. The number of carbonyl (C=O) groups is 4. The standard InChI is InChI=1S/C28H24N2O6/c1-4-35-24-16-19(11-12-23(24)36-27(33)20-9-5-7-17(2)13-20)15-22-25(31)29-28(34)30(26(22)32)21-10-6-8-18(3)14-21/h5-16H,4H2,1-3H3,(H,29,31,34). The summed E-state index contributed by atoms with van der Waals surface area (Å²) in [5.41, 5.74) is 2.75. The monoisotopic (exact) mass is 484 g/mol. The second-order valence-electron chi connectivity index (χ2n) is 8.20. The fourth-order valence-corrected chi connectivity index (χ4v) is 3.72. The second kappa shape index (κ2) is 10.3. The minimum atomic E-state index is -0.818. The van der Waals surface area contributed by atoms with Gasteiger partial charge in [-0.3, -0.25) is 14.9 Å². The van der Waals surface area contributed by atoms with Gasteiger partial charge in [0.2, 0.25) is 0 Å². The Bertz CT molecular complexity index is 1410. The highest BCUT2D eigenvalue weighted by Crippen LogP contribution is 2.31. The van der Waals surface area contributed by atoms with E-state index < -0.39 is 23.8 Å². The van der Waals surface area contributed by atoms with Crippen LogP contribution in [-0.2, 0) is 9.59 Å². The van der Waals surface area contributed by atoms with E-state index in [1.54, 1.807) is 55.5 Å². The van der Waals surface area contributed by atoms with Crippen LogP contribution in [0.2, 0.25) is 0 Å². The van der Waals surface area contributed by atoms with Gasteiger partial charge in [-0.1, -0.05) is 35.9 Å². The van der Waals surface area contributed by atoms with Gasteiger partial charge in [-0.15, -0.1) is 0 Å². The van der Waals surface area contributed by atoms with Crippen molar-refractivity contribution < 1.29 is 28.7 Å². The normalized spacial score (nSPS) is 14.6. The summed E-state index contributed by atoms with van der Waals surface area (Å²) in [7, 11) is 0. The molecule has 0 saturated carbocycles. The number of aryl methyl sites for hydroxylation is 2. The Labute approximate surface area is 208 Å². The molecule has 4 rings (SSSR count). The van der Waals surface area contributed by atoms with E-state index in [9.17, 15) is 19.2 Å². The van der Waals surface area contributed by atoms with Crippen molar-refractivity contribution >= 4 is 35.6 Å². The predicted octanol–water partition coefficient (Wildman–Crippen LogP) is 4.59. The van der Waals surface area contributed by atoms with Crippen molar-refractivity contribution in [3.63, 3.8) is 0 Å². The third-order valence-electron chi connectivity index (χ3n) is 5.40. The number of hydrogen-bond donors (Lipinski definition) is 1. The Hall–Kier alpha value is -4.72. The number of carbonyl (C=O) groups excluding carboxylic acids is 4. The molecule has 0 aromatic heterocycles. The molecule has 1 heterocycles. The number of benzene rings is 3. The minimum Gasteiger partial charge on any atom is -0.490 e. The van der Waals surface area contributed by atoms with Gasteiger partial charge in [0.1, 0.15) is 5.57 Å². The van der Waals surface area contributed by atoms with Crippen molar-refractivity contribution in [3.05, 3.63) is 94.6 Å². The summed E-state index contributed by atoms with van der Waals surface area (Å²) < 4.78 is 11.2. The molecule has 1 fully saturated rings. The number of nitrogens with zero attached hydrogens (tertiary/aromatic N) is 1. The maximum absolute atomic E-state index is 13.1. The largest absolute Gasteiger partial charge is 0.490 e. The molecule has 0 spiro atoms. The lowest BCUT2D eigenvalue weighted by molar-refractivity contribution is -0.122. The summed E-state index contributed by atoms with van der Waals surface area (Å²) in [5, 5.41) is 2.21. The first-order valence-corrected chi connectivity index (χ1v) is 11.3. The number of amides is 4. The summed E-state index contributed by atoms with van der Waals surface area (Å²) in [6.45, 7) is 5.78. The first-order chi connectivity index (χ1) is 17.3. The highest BCUT2D eigenvalue weighted by molar-refractivity contribution is 6.39. The average Bonchev–Trinajstić information content (AvgIpc) is 2.83. The molecule has 4 amide bonds. The summed E-state index contributed by atoms with van der Waals surface area (Å²) in [4.78, 5) is 51.6. The number of rotatable bonds is 6. The van der Waals surface area contributed by atoms with Gasteiger partial charge in [-0.05, 0) is 74.4 Å². The SMILES string of the molecule is CCOc1cc(C=C2C(=O)NC(=O)N(c3cccc(C)c3)C2=O)ccc1OC(=O)c1cccc(C)c1. The fraction of sp³-hybridized carbons (Fsp3) is 0.143. The van der Waals surface area contributed by atoms with E-state index in [0.717, 1.165) is 16.0 Å². The third kappa shape index (κ3) is 5.17. The van der Waals surface area contributed by atoms with E-state index in [4.69, 9.17) is 9.47 Å².